The number of aryl methyl sites for hydroxylation is 1. The highest BCUT2D eigenvalue weighted by Crippen LogP contribution is 2.20. The number of ether oxygens (including phenoxy) is 3. The molecule has 0 radical (unpaired) electrons. The molecule has 0 atom stereocenters. The van der Waals surface area contributed by atoms with Crippen molar-refractivity contribution in [2.75, 3.05) is 31.4 Å². The van der Waals surface area contributed by atoms with E-state index in [0.29, 0.717) is 25.7 Å². The third kappa shape index (κ3) is 2.65. The Balaban J connectivity index is 1.84. The summed E-state index contributed by atoms with van der Waals surface area (Å²) in [7, 11) is 0. The van der Waals surface area contributed by atoms with Crippen molar-refractivity contribution in [2.45, 2.75) is 6.92 Å². The van der Waals surface area contributed by atoms with Crippen LogP contribution in [0.5, 0.6) is 0 Å². The van der Waals surface area contributed by atoms with E-state index in [-0.39, 0.29) is 6.79 Å². The summed E-state index contributed by atoms with van der Waals surface area (Å²) >= 11 is 0. The van der Waals surface area contributed by atoms with E-state index < -0.39 is 0 Å². The van der Waals surface area contributed by atoms with Gasteiger partial charge in [-0.15, -0.1) is 0 Å². The van der Waals surface area contributed by atoms with E-state index >= 15 is 0 Å². The van der Waals surface area contributed by atoms with Crippen molar-refractivity contribution < 1.29 is 14.2 Å². The number of nitrogens with zero attached hydrogens (tertiary/aromatic N) is 2. The monoisotopic (exact) mass is 260 g/mol. The first-order valence-corrected chi connectivity index (χ1v) is 6.28. The number of benzene rings is 1. The van der Waals surface area contributed by atoms with E-state index in [0.717, 1.165) is 11.4 Å². The van der Waals surface area contributed by atoms with E-state index in [4.69, 9.17) is 14.2 Å². The number of hydrogen-bond acceptors (Lipinski definition) is 5. The van der Waals surface area contributed by atoms with Crippen LogP contribution in [0.1, 0.15) is 5.56 Å². The summed E-state index contributed by atoms with van der Waals surface area (Å²) in [5.41, 5.74) is 2.25. The van der Waals surface area contributed by atoms with Gasteiger partial charge in [0, 0.05) is 5.69 Å². The Hall–Kier alpha value is -2.17. The van der Waals surface area contributed by atoms with Gasteiger partial charge in [0.05, 0.1) is 13.1 Å². The largest absolute Gasteiger partial charge is 0.463 e. The fourth-order valence-electron chi connectivity index (χ4n) is 1.99. The minimum absolute atomic E-state index is 0.282. The maximum absolute atomic E-state index is 5.56. The van der Waals surface area contributed by atoms with Gasteiger partial charge in [-0.05, 0) is 19.1 Å². The second-order valence-corrected chi connectivity index (χ2v) is 4.45. The summed E-state index contributed by atoms with van der Waals surface area (Å²) in [4.78, 5) is 6.37. The molecule has 0 bridgehead atoms. The smallest absolute Gasteiger partial charge is 0.292 e. The lowest BCUT2D eigenvalue weighted by Crippen LogP contribution is -2.33. The van der Waals surface area contributed by atoms with E-state index in [1.165, 1.54) is 5.56 Å². The molecule has 3 rings (SSSR count). The molecule has 0 aliphatic carbocycles. The standard InChI is InChI=1S/C14H16N2O3/c1-11-2-4-12(5-3-11)16(14-15-6-7-18-14)8-13-9-17-10-19-13/h2-5,9H,6-8,10H2,1H3. The fourth-order valence-corrected chi connectivity index (χ4v) is 1.99. The van der Waals surface area contributed by atoms with Crippen LogP contribution in [0.2, 0.25) is 0 Å². The molecule has 1 aromatic carbocycles. The third-order valence-corrected chi connectivity index (χ3v) is 2.99. The SMILES string of the molecule is Cc1ccc(N(CC2=COCO2)C2=NCCO2)cc1. The minimum atomic E-state index is 0.282. The van der Waals surface area contributed by atoms with Crippen LogP contribution in [0, 0.1) is 6.92 Å². The third-order valence-electron chi connectivity index (χ3n) is 2.99. The van der Waals surface area contributed by atoms with Crippen LogP contribution in [0.15, 0.2) is 41.3 Å². The highest BCUT2D eigenvalue weighted by Gasteiger charge is 2.22. The van der Waals surface area contributed by atoms with Crippen LogP contribution >= 0.6 is 0 Å². The summed E-state index contributed by atoms with van der Waals surface area (Å²) < 4.78 is 16.0. The summed E-state index contributed by atoms with van der Waals surface area (Å²) in [6, 6.07) is 8.88. The van der Waals surface area contributed by atoms with Crippen LogP contribution in [-0.4, -0.2) is 32.5 Å². The molecule has 1 aromatic rings. The molecule has 0 spiro atoms. The molecule has 0 amide bonds. The van der Waals surface area contributed by atoms with Gasteiger partial charge < -0.3 is 14.2 Å². The van der Waals surface area contributed by atoms with E-state index in [1.807, 2.05) is 4.90 Å². The normalized spacial score (nSPS) is 17.1. The molecule has 0 saturated heterocycles. The lowest BCUT2D eigenvalue weighted by molar-refractivity contribution is 0.0800. The van der Waals surface area contributed by atoms with Crippen LogP contribution in [0.4, 0.5) is 5.69 Å². The number of amidine groups is 1. The maximum Gasteiger partial charge on any atom is 0.292 e. The van der Waals surface area contributed by atoms with Gasteiger partial charge in [-0.25, -0.2) is 4.99 Å². The van der Waals surface area contributed by atoms with Crippen molar-refractivity contribution in [1.82, 2.24) is 0 Å². The van der Waals surface area contributed by atoms with Gasteiger partial charge >= 0.3 is 0 Å². The van der Waals surface area contributed by atoms with Crippen molar-refractivity contribution in [3.8, 4) is 0 Å². The van der Waals surface area contributed by atoms with Crippen molar-refractivity contribution in [2.24, 2.45) is 4.99 Å². The van der Waals surface area contributed by atoms with E-state index in [9.17, 15) is 0 Å². The first-order valence-electron chi connectivity index (χ1n) is 6.28. The summed E-state index contributed by atoms with van der Waals surface area (Å²) in [5, 5.41) is 0. The predicted molar refractivity (Wildman–Crippen MR) is 71.9 cm³/mol. The van der Waals surface area contributed by atoms with Crippen molar-refractivity contribution in [3.63, 3.8) is 0 Å². The second-order valence-electron chi connectivity index (χ2n) is 4.45. The molecule has 2 heterocycles. The molecule has 0 saturated carbocycles. The number of anilines is 1. The van der Waals surface area contributed by atoms with Crippen molar-refractivity contribution in [3.05, 3.63) is 41.9 Å². The molecular weight excluding hydrogens is 244 g/mol. The number of hydrogen-bond donors (Lipinski definition) is 0. The van der Waals surface area contributed by atoms with Gasteiger partial charge in [-0.2, -0.15) is 0 Å². The molecule has 0 N–H and O–H groups in total. The Kier molecular flexibility index (Phi) is 3.27. The zero-order valence-electron chi connectivity index (χ0n) is 10.8. The van der Waals surface area contributed by atoms with Gasteiger partial charge in [0.1, 0.15) is 12.9 Å². The highest BCUT2D eigenvalue weighted by molar-refractivity contribution is 5.92. The number of aliphatic imine (C=N–C) groups is 1. The molecule has 0 unspecified atom stereocenters. The van der Waals surface area contributed by atoms with Gasteiger partial charge in [0.25, 0.3) is 6.02 Å². The molecule has 5 heteroatoms. The molecule has 2 aliphatic heterocycles. The van der Waals surface area contributed by atoms with Crippen LogP contribution < -0.4 is 4.90 Å². The van der Waals surface area contributed by atoms with E-state index in [2.05, 4.69) is 36.2 Å². The van der Waals surface area contributed by atoms with Gasteiger partial charge in [0.2, 0.25) is 6.79 Å². The first-order chi connectivity index (χ1) is 9.33. The molecule has 19 heavy (non-hydrogen) atoms. The van der Waals surface area contributed by atoms with Gasteiger partial charge in [-0.3, -0.25) is 4.90 Å². The van der Waals surface area contributed by atoms with Crippen LogP contribution in [0.3, 0.4) is 0 Å². The van der Waals surface area contributed by atoms with Gasteiger partial charge in [0.15, 0.2) is 5.76 Å². The summed E-state index contributed by atoms with van der Waals surface area (Å²) in [6.07, 6.45) is 1.64. The Bertz CT molecular complexity index is 508. The Morgan fingerprint density at radius 3 is 2.68 bits per heavy atom. The number of rotatable bonds is 3. The molecule has 5 nitrogen and oxygen atoms in total. The molecule has 0 aromatic heterocycles. The fraction of sp³-hybridized carbons (Fsp3) is 0.357. The van der Waals surface area contributed by atoms with Crippen molar-refractivity contribution >= 4 is 11.7 Å². The minimum Gasteiger partial charge on any atom is -0.463 e. The molecule has 2 aliphatic rings. The van der Waals surface area contributed by atoms with E-state index in [1.54, 1.807) is 6.26 Å². The summed E-state index contributed by atoms with van der Waals surface area (Å²) in [5.74, 6) is 0.777. The maximum atomic E-state index is 5.56. The quantitative estimate of drug-likeness (QED) is 0.834. The first kappa shape index (κ1) is 11.9. The lowest BCUT2D eigenvalue weighted by Gasteiger charge is -2.23. The predicted octanol–water partition coefficient (Wildman–Crippen LogP) is 2.03. The molecular formula is C14H16N2O3. The molecule has 100 valence electrons. The Morgan fingerprint density at radius 1 is 1.21 bits per heavy atom. The lowest BCUT2D eigenvalue weighted by atomic mass is 10.2. The van der Waals surface area contributed by atoms with Gasteiger partial charge in [-0.1, -0.05) is 17.7 Å². The topological polar surface area (TPSA) is 43.3 Å². The average molecular weight is 260 g/mol. The second kappa shape index (κ2) is 5.22. The average Bonchev–Trinajstić information content (AvgIpc) is 3.11. The zero-order chi connectivity index (χ0) is 13.1. The summed E-state index contributed by atoms with van der Waals surface area (Å²) in [6.45, 7) is 4.24. The van der Waals surface area contributed by atoms with Crippen molar-refractivity contribution in [1.29, 1.82) is 0 Å². The zero-order valence-corrected chi connectivity index (χ0v) is 10.8. The highest BCUT2D eigenvalue weighted by atomic mass is 16.7. The Morgan fingerprint density at radius 2 is 2.05 bits per heavy atom. The van der Waals surface area contributed by atoms with Crippen LogP contribution in [0.25, 0.3) is 0 Å². The Labute approximate surface area is 112 Å². The van der Waals surface area contributed by atoms with Crippen LogP contribution in [-0.2, 0) is 14.2 Å². The molecule has 0 fully saturated rings.